The van der Waals surface area contributed by atoms with E-state index in [9.17, 15) is 0 Å². The minimum atomic E-state index is -0.481. The quantitative estimate of drug-likeness (QED) is 0.432. The normalized spacial score (nSPS) is 7.00. The van der Waals surface area contributed by atoms with E-state index in [1.54, 1.807) is 0 Å². The maximum absolute atomic E-state index is 2.33. The molecule has 0 aromatic carbocycles. The van der Waals surface area contributed by atoms with E-state index >= 15 is 0 Å². The van der Waals surface area contributed by atoms with Crippen molar-refractivity contribution < 1.29 is 0 Å². The third kappa shape index (κ3) is 4.41. The summed E-state index contributed by atoms with van der Waals surface area (Å²) in [5.41, 5.74) is 0. The van der Waals surface area contributed by atoms with Gasteiger partial charge in [-0.1, -0.05) is 0 Å². The van der Waals surface area contributed by atoms with Gasteiger partial charge in [-0.2, -0.15) is 0 Å². The zero-order valence-corrected chi connectivity index (χ0v) is 6.18. The molecule has 0 unspecified atom stereocenters. The Hall–Kier alpha value is 0.413. The maximum atomic E-state index is 2.33. The molecule has 0 saturated heterocycles. The fourth-order valence-electron chi connectivity index (χ4n) is 0. The summed E-state index contributed by atoms with van der Waals surface area (Å²) in [6, 6.07) is 0. The monoisotopic (exact) mass is 132 g/mol. The summed E-state index contributed by atoms with van der Waals surface area (Å²) in [4.78, 5) is 2.33. The Morgan fingerprint density at radius 1 is 1.40 bits per heavy atom. The van der Waals surface area contributed by atoms with Gasteiger partial charge in [0.15, 0.2) is 0 Å². The SMILES string of the molecule is C[CH]=[Ge]([CH3])[CH3]. The van der Waals surface area contributed by atoms with E-state index in [2.05, 4.69) is 23.3 Å². The van der Waals surface area contributed by atoms with E-state index in [-0.39, 0.29) is 0 Å². The molecule has 0 atom stereocenters. The molecule has 0 aromatic rings. The van der Waals surface area contributed by atoms with Crippen LogP contribution in [0.15, 0.2) is 0 Å². The van der Waals surface area contributed by atoms with Crippen LogP contribution in [-0.2, 0) is 0 Å². The second-order valence-corrected chi connectivity index (χ2v) is 7.10. The topological polar surface area (TPSA) is 0 Å². The Labute approximate surface area is 37.8 Å². The molecule has 0 amide bonds. The third-order valence-electron chi connectivity index (χ3n) is 0.577. The number of hydrogen-bond donors (Lipinski definition) is 0. The zero-order chi connectivity index (χ0) is 4.28. The second-order valence-electron chi connectivity index (χ2n) is 1.37. The van der Waals surface area contributed by atoms with Crippen molar-refractivity contribution in [1.29, 1.82) is 0 Å². The first kappa shape index (κ1) is 5.41. The molecule has 30 valence electrons. The standard InChI is InChI=1S/C4H10Ge/c1-4-5(2)3/h4H,1-3H3. The first-order valence-corrected chi connectivity index (χ1v) is 7.27. The molecule has 0 saturated carbocycles. The molecule has 0 fully saturated rings. The summed E-state index contributed by atoms with van der Waals surface area (Å²) in [5.74, 6) is 4.67. The van der Waals surface area contributed by atoms with Gasteiger partial charge >= 0.3 is 37.2 Å². The number of rotatable bonds is 0. The summed E-state index contributed by atoms with van der Waals surface area (Å²) >= 11 is -0.481. The summed E-state index contributed by atoms with van der Waals surface area (Å²) in [6.07, 6.45) is 0. The van der Waals surface area contributed by atoms with Crippen molar-refractivity contribution in [2.75, 3.05) is 0 Å². The van der Waals surface area contributed by atoms with Gasteiger partial charge in [-0.3, -0.25) is 0 Å². The van der Waals surface area contributed by atoms with Gasteiger partial charge in [0.05, 0.1) is 0 Å². The van der Waals surface area contributed by atoms with Crippen LogP contribution in [-0.4, -0.2) is 18.8 Å². The van der Waals surface area contributed by atoms with E-state index in [4.69, 9.17) is 0 Å². The summed E-state index contributed by atoms with van der Waals surface area (Å²) in [7, 11) is 0. The molecule has 1 heteroatoms. The van der Waals surface area contributed by atoms with Crippen molar-refractivity contribution in [3.63, 3.8) is 0 Å². The van der Waals surface area contributed by atoms with E-state index in [1.807, 2.05) is 0 Å². The second kappa shape index (κ2) is 2.64. The molecule has 0 bridgehead atoms. The molecule has 0 N–H and O–H groups in total. The van der Waals surface area contributed by atoms with Gasteiger partial charge in [-0.15, -0.1) is 0 Å². The molecule has 0 aliphatic carbocycles. The average molecular weight is 131 g/mol. The molecule has 0 aliphatic heterocycles. The molecule has 0 heterocycles. The first-order valence-electron chi connectivity index (χ1n) is 1.87. The van der Waals surface area contributed by atoms with Crippen LogP contribution < -0.4 is 0 Å². The first-order chi connectivity index (χ1) is 2.27. The van der Waals surface area contributed by atoms with E-state index in [1.165, 1.54) is 0 Å². The van der Waals surface area contributed by atoms with Crippen molar-refractivity contribution in [2.24, 2.45) is 0 Å². The molecular weight excluding hydrogens is 121 g/mol. The average Bonchev–Trinajstić information content (AvgIpc) is 1.38. The Morgan fingerprint density at radius 3 is 1.60 bits per heavy atom. The predicted molar refractivity (Wildman–Crippen MR) is 29.2 cm³/mol. The van der Waals surface area contributed by atoms with Crippen LogP contribution in [0.4, 0.5) is 0 Å². The van der Waals surface area contributed by atoms with Crippen molar-refractivity contribution in [1.82, 2.24) is 0 Å². The molecule has 5 heavy (non-hydrogen) atoms. The Kier molecular flexibility index (Phi) is 2.86. The van der Waals surface area contributed by atoms with E-state index in [0.717, 1.165) is 0 Å². The van der Waals surface area contributed by atoms with E-state index in [0.29, 0.717) is 0 Å². The summed E-state index contributed by atoms with van der Waals surface area (Å²) in [5, 5.41) is 0. The van der Waals surface area contributed by atoms with Gasteiger partial charge in [0, 0.05) is 0 Å². The van der Waals surface area contributed by atoms with Crippen molar-refractivity contribution >= 4 is 18.8 Å². The zero-order valence-electron chi connectivity index (χ0n) is 4.08. The third-order valence-corrected chi connectivity index (χ3v) is 3.00. The van der Waals surface area contributed by atoms with Gasteiger partial charge in [-0.25, -0.2) is 0 Å². The molecule has 0 nitrogen and oxygen atoms in total. The fourth-order valence-corrected chi connectivity index (χ4v) is 0. The van der Waals surface area contributed by atoms with Crippen LogP contribution in [0, 0.1) is 0 Å². The van der Waals surface area contributed by atoms with Gasteiger partial charge < -0.3 is 0 Å². The molecule has 0 aromatic heterocycles. The van der Waals surface area contributed by atoms with Crippen molar-refractivity contribution in [3.8, 4) is 0 Å². The molecule has 0 spiro atoms. The Bertz CT molecular complexity index is 41.6. The molecule has 0 radical (unpaired) electrons. The molecule has 0 rings (SSSR count). The number of hydrogen-bond acceptors (Lipinski definition) is 0. The summed E-state index contributed by atoms with van der Waals surface area (Å²) in [6.45, 7) is 2.15. The van der Waals surface area contributed by atoms with Crippen LogP contribution in [0.2, 0.25) is 11.5 Å². The molecule has 0 aliphatic rings. The van der Waals surface area contributed by atoms with Crippen molar-refractivity contribution in [3.05, 3.63) is 0 Å². The summed E-state index contributed by atoms with van der Waals surface area (Å²) < 4.78 is 0. The van der Waals surface area contributed by atoms with Crippen LogP contribution in [0.5, 0.6) is 0 Å². The van der Waals surface area contributed by atoms with Crippen LogP contribution in [0.25, 0.3) is 0 Å². The van der Waals surface area contributed by atoms with Gasteiger partial charge in [0.25, 0.3) is 0 Å². The predicted octanol–water partition coefficient (Wildman–Crippen LogP) is 1.14. The van der Waals surface area contributed by atoms with Crippen LogP contribution in [0.1, 0.15) is 6.92 Å². The molecular formula is C4H10Ge. The van der Waals surface area contributed by atoms with Crippen LogP contribution in [0.3, 0.4) is 0 Å². The van der Waals surface area contributed by atoms with Crippen molar-refractivity contribution in [2.45, 2.75) is 18.4 Å². The Balaban J connectivity index is 3.14. The van der Waals surface area contributed by atoms with Gasteiger partial charge in [0.1, 0.15) is 0 Å². The minimum absolute atomic E-state index is 0.481. The van der Waals surface area contributed by atoms with Crippen LogP contribution >= 0.6 is 0 Å². The Morgan fingerprint density at radius 2 is 1.60 bits per heavy atom. The van der Waals surface area contributed by atoms with Gasteiger partial charge in [0.2, 0.25) is 0 Å². The fraction of sp³-hybridized carbons (Fsp3) is 0.750. The van der Waals surface area contributed by atoms with E-state index < -0.39 is 13.9 Å². The van der Waals surface area contributed by atoms with Gasteiger partial charge in [-0.05, 0) is 0 Å².